The first kappa shape index (κ1) is 15.2. The van der Waals surface area contributed by atoms with Crippen LogP contribution in [0.1, 0.15) is 22.2 Å². The summed E-state index contributed by atoms with van der Waals surface area (Å²) in [4.78, 5) is 12.1. The molecule has 0 aliphatic heterocycles. The van der Waals surface area contributed by atoms with Gasteiger partial charge in [-0.1, -0.05) is 5.92 Å². The molecule has 0 bridgehead atoms. The molecule has 0 saturated carbocycles. The summed E-state index contributed by atoms with van der Waals surface area (Å²) in [7, 11) is 0. The molecule has 0 aliphatic rings. The first-order valence-corrected chi connectivity index (χ1v) is 6.73. The molecule has 2 aromatic rings. The standard InChI is InChI=1S/C14H11F3N2OS/c1-2-3-6-19-13(20)12-11(18)9-7-8(14(15,16)17)4-5-10(9)21-12/h4-5,7H,6,18H2,1H3,(H,19,20). The molecule has 1 amide bonds. The van der Waals surface area contributed by atoms with E-state index in [1.54, 1.807) is 6.92 Å². The van der Waals surface area contributed by atoms with E-state index in [4.69, 9.17) is 5.73 Å². The van der Waals surface area contributed by atoms with Crippen LogP contribution >= 0.6 is 11.3 Å². The summed E-state index contributed by atoms with van der Waals surface area (Å²) in [5, 5.41) is 2.78. The van der Waals surface area contributed by atoms with Crippen LogP contribution in [-0.4, -0.2) is 12.5 Å². The minimum atomic E-state index is -4.44. The van der Waals surface area contributed by atoms with E-state index in [1.165, 1.54) is 6.07 Å². The van der Waals surface area contributed by atoms with Crippen molar-refractivity contribution in [3.05, 3.63) is 28.6 Å². The summed E-state index contributed by atoms with van der Waals surface area (Å²) in [6.45, 7) is 1.80. The fourth-order valence-electron chi connectivity index (χ4n) is 1.75. The lowest BCUT2D eigenvalue weighted by Gasteiger charge is -2.06. The number of nitrogens with one attached hydrogen (secondary N) is 1. The van der Waals surface area contributed by atoms with Crippen molar-refractivity contribution in [1.29, 1.82) is 0 Å². The third-order valence-corrected chi connectivity index (χ3v) is 3.96. The van der Waals surface area contributed by atoms with Gasteiger partial charge in [-0.25, -0.2) is 0 Å². The van der Waals surface area contributed by atoms with Crippen LogP contribution in [-0.2, 0) is 6.18 Å². The van der Waals surface area contributed by atoms with Crippen molar-refractivity contribution in [2.24, 2.45) is 0 Å². The smallest absolute Gasteiger partial charge is 0.397 e. The van der Waals surface area contributed by atoms with Crippen LogP contribution in [0.5, 0.6) is 0 Å². The number of amides is 1. The number of fused-ring (bicyclic) bond motifs is 1. The summed E-state index contributed by atoms with van der Waals surface area (Å²) in [6.07, 6.45) is -4.44. The summed E-state index contributed by atoms with van der Waals surface area (Å²) in [5.74, 6) is 4.85. The van der Waals surface area contributed by atoms with Crippen molar-refractivity contribution in [2.45, 2.75) is 13.1 Å². The molecule has 1 aromatic carbocycles. The Hall–Kier alpha value is -2.20. The number of hydrogen-bond acceptors (Lipinski definition) is 3. The molecule has 110 valence electrons. The normalized spacial score (nSPS) is 11.0. The van der Waals surface area contributed by atoms with Gasteiger partial charge in [-0.3, -0.25) is 4.79 Å². The molecule has 7 heteroatoms. The van der Waals surface area contributed by atoms with Gasteiger partial charge in [0.05, 0.1) is 17.8 Å². The van der Waals surface area contributed by atoms with Gasteiger partial charge in [0.15, 0.2) is 0 Å². The summed E-state index contributed by atoms with van der Waals surface area (Å²) >= 11 is 1.06. The molecule has 2 rings (SSSR count). The molecule has 0 unspecified atom stereocenters. The van der Waals surface area contributed by atoms with Gasteiger partial charge in [-0.05, 0) is 25.1 Å². The number of benzene rings is 1. The maximum Gasteiger partial charge on any atom is 0.416 e. The number of carbonyl (C=O) groups is 1. The lowest BCUT2D eigenvalue weighted by atomic mass is 10.1. The summed E-state index contributed by atoms with van der Waals surface area (Å²) in [5.41, 5.74) is 5.07. The molecular formula is C14H11F3N2OS. The molecule has 0 radical (unpaired) electrons. The highest BCUT2D eigenvalue weighted by Crippen LogP contribution is 2.38. The Balaban J connectivity index is 2.41. The fraction of sp³-hybridized carbons (Fsp3) is 0.214. The third-order valence-electron chi connectivity index (χ3n) is 2.77. The SMILES string of the molecule is CC#CCNC(=O)c1sc2ccc(C(F)(F)F)cc2c1N. The maximum atomic E-state index is 12.7. The highest BCUT2D eigenvalue weighted by Gasteiger charge is 2.31. The first-order valence-electron chi connectivity index (χ1n) is 5.91. The summed E-state index contributed by atoms with van der Waals surface area (Å²) in [6, 6.07) is 3.26. The van der Waals surface area contributed by atoms with Crippen LogP contribution in [0.2, 0.25) is 0 Å². The van der Waals surface area contributed by atoms with Crippen molar-refractivity contribution in [2.75, 3.05) is 12.3 Å². The molecule has 0 spiro atoms. The van der Waals surface area contributed by atoms with Gasteiger partial charge < -0.3 is 11.1 Å². The van der Waals surface area contributed by atoms with E-state index in [0.717, 1.165) is 23.5 Å². The lowest BCUT2D eigenvalue weighted by Crippen LogP contribution is -2.23. The first-order chi connectivity index (χ1) is 9.84. The zero-order valence-electron chi connectivity index (χ0n) is 11.0. The second-order valence-corrected chi connectivity index (χ2v) is 5.22. The third kappa shape index (κ3) is 3.11. The number of anilines is 1. The molecule has 3 nitrogen and oxygen atoms in total. The molecule has 1 aromatic heterocycles. The number of nitrogen functional groups attached to an aromatic ring is 1. The van der Waals surface area contributed by atoms with Gasteiger partial charge in [-0.15, -0.1) is 17.3 Å². The van der Waals surface area contributed by atoms with Crippen molar-refractivity contribution >= 4 is 33.0 Å². The number of hydrogen-bond donors (Lipinski definition) is 2. The van der Waals surface area contributed by atoms with Crippen molar-refractivity contribution in [1.82, 2.24) is 5.32 Å². The molecule has 0 aliphatic carbocycles. The van der Waals surface area contributed by atoms with E-state index in [-0.39, 0.29) is 22.5 Å². The largest absolute Gasteiger partial charge is 0.416 e. The van der Waals surface area contributed by atoms with Crippen LogP contribution in [0.25, 0.3) is 10.1 Å². The van der Waals surface area contributed by atoms with E-state index in [2.05, 4.69) is 17.2 Å². The van der Waals surface area contributed by atoms with E-state index in [9.17, 15) is 18.0 Å². The van der Waals surface area contributed by atoms with Crippen molar-refractivity contribution in [3.63, 3.8) is 0 Å². The molecule has 21 heavy (non-hydrogen) atoms. The number of carbonyl (C=O) groups excluding carboxylic acids is 1. The molecule has 0 saturated heterocycles. The van der Waals surface area contributed by atoms with Crippen LogP contribution in [0.4, 0.5) is 18.9 Å². The number of nitrogens with two attached hydrogens (primary N) is 1. The van der Waals surface area contributed by atoms with Gasteiger partial charge in [0.1, 0.15) is 4.88 Å². The second-order valence-electron chi connectivity index (χ2n) is 4.16. The van der Waals surface area contributed by atoms with Gasteiger partial charge >= 0.3 is 6.18 Å². The number of halogens is 3. The van der Waals surface area contributed by atoms with Crippen LogP contribution in [0.15, 0.2) is 18.2 Å². The minimum absolute atomic E-state index is 0.0584. The lowest BCUT2D eigenvalue weighted by molar-refractivity contribution is -0.137. The van der Waals surface area contributed by atoms with E-state index >= 15 is 0 Å². The molecule has 0 fully saturated rings. The van der Waals surface area contributed by atoms with E-state index < -0.39 is 17.6 Å². The average Bonchev–Trinajstić information content (AvgIpc) is 2.75. The Kier molecular flexibility index (Phi) is 4.09. The Morgan fingerprint density at radius 3 is 2.76 bits per heavy atom. The van der Waals surface area contributed by atoms with Gasteiger partial charge in [0.2, 0.25) is 0 Å². The number of thiophene rings is 1. The van der Waals surface area contributed by atoms with Crippen LogP contribution < -0.4 is 11.1 Å². The van der Waals surface area contributed by atoms with Gasteiger partial charge in [0, 0.05) is 10.1 Å². The van der Waals surface area contributed by atoms with E-state index in [0.29, 0.717) is 4.70 Å². The topological polar surface area (TPSA) is 55.1 Å². The van der Waals surface area contributed by atoms with Crippen LogP contribution in [0.3, 0.4) is 0 Å². The van der Waals surface area contributed by atoms with Gasteiger partial charge in [-0.2, -0.15) is 13.2 Å². The van der Waals surface area contributed by atoms with Gasteiger partial charge in [0.25, 0.3) is 5.91 Å². The fourth-order valence-corrected chi connectivity index (χ4v) is 2.77. The average molecular weight is 312 g/mol. The predicted molar refractivity (Wildman–Crippen MR) is 77.0 cm³/mol. The van der Waals surface area contributed by atoms with Crippen LogP contribution in [0, 0.1) is 11.8 Å². The second kappa shape index (κ2) is 5.66. The molecular weight excluding hydrogens is 301 g/mol. The zero-order valence-corrected chi connectivity index (χ0v) is 11.8. The monoisotopic (exact) mass is 312 g/mol. The molecule has 1 heterocycles. The highest BCUT2D eigenvalue weighted by atomic mass is 32.1. The number of rotatable bonds is 2. The quantitative estimate of drug-likeness (QED) is 0.836. The minimum Gasteiger partial charge on any atom is -0.397 e. The Bertz CT molecular complexity index is 753. The zero-order chi connectivity index (χ0) is 15.6. The van der Waals surface area contributed by atoms with Crippen molar-refractivity contribution in [3.8, 4) is 11.8 Å². The summed E-state index contributed by atoms with van der Waals surface area (Å²) < 4.78 is 38.6. The van der Waals surface area contributed by atoms with Crippen molar-refractivity contribution < 1.29 is 18.0 Å². The highest BCUT2D eigenvalue weighted by molar-refractivity contribution is 7.21. The Labute approximate surface area is 122 Å². The Morgan fingerprint density at radius 1 is 1.43 bits per heavy atom. The van der Waals surface area contributed by atoms with E-state index in [1.807, 2.05) is 0 Å². The maximum absolute atomic E-state index is 12.7. The molecule has 0 atom stereocenters. The number of alkyl halides is 3. The molecule has 3 N–H and O–H groups in total. The predicted octanol–water partition coefficient (Wildman–Crippen LogP) is 3.26. The Morgan fingerprint density at radius 2 is 2.14 bits per heavy atom.